The zero-order valence-electron chi connectivity index (χ0n) is 16.6. The Balaban J connectivity index is 1.63. The van der Waals surface area contributed by atoms with Gasteiger partial charge in [-0.3, -0.25) is 0 Å². The molecule has 1 saturated heterocycles. The molecule has 0 saturated carbocycles. The number of tetrazole rings is 1. The van der Waals surface area contributed by atoms with Crippen LogP contribution in [0.25, 0.3) is 33.5 Å². The van der Waals surface area contributed by atoms with Gasteiger partial charge in [-0.15, -0.1) is 10.2 Å². The first-order chi connectivity index (χ1) is 15.9. The predicted octanol–water partition coefficient (Wildman–Crippen LogP) is -0.828. The van der Waals surface area contributed by atoms with Gasteiger partial charge in [-0.05, 0) is 22.9 Å². The number of aromatic nitrogens is 7. The largest absolute Gasteiger partial charge is 0.390 e. The van der Waals surface area contributed by atoms with Gasteiger partial charge < -0.3 is 10.4 Å². The normalized spacial score (nSPS) is 25.8. The molecule has 4 heterocycles. The van der Waals surface area contributed by atoms with E-state index in [0.29, 0.717) is 35.2 Å². The monoisotopic (exact) mass is 488 g/mol. The maximum atomic E-state index is 13.8. The van der Waals surface area contributed by atoms with Crippen LogP contribution in [-0.4, -0.2) is 79.0 Å². The number of hydrogen-bond donors (Lipinski definition) is 5. The smallest absolute Gasteiger partial charge is 0.293 e. The molecule has 4 aromatic rings. The average molecular weight is 489 g/mol. The molecular weight excluding hydrogens is 472 g/mol. The number of H-pyrrole nitrogens is 2. The predicted molar refractivity (Wildman–Crippen MR) is 114 cm³/mol. The number of hydrogen-bond acceptors (Lipinski definition) is 10. The maximum absolute atomic E-state index is 13.8. The summed E-state index contributed by atoms with van der Waals surface area (Å²) < 4.78 is 46.7. The molecule has 33 heavy (non-hydrogen) atoms. The Morgan fingerprint density at radius 3 is 2.64 bits per heavy atom. The van der Waals surface area contributed by atoms with E-state index in [1.54, 1.807) is 24.3 Å². The number of sulfonamides is 1. The zero-order valence-corrected chi connectivity index (χ0v) is 18.3. The van der Waals surface area contributed by atoms with Crippen molar-refractivity contribution in [2.75, 3.05) is 13.1 Å². The molecule has 0 radical (unpaired) electrons. The zero-order chi connectivity index (χ0) is 22.8. The summed E-state index contributed by atoms with van der Waals surface area (Å²) in [4.78, 5) is -0.308. The second-order valence-corrected chi connectivity index (χ2v) is 11.3. The van der Waals surface area contributed by atoms with E-state index in [-0.39, 0.29) is 21.2 Å². The second-order valence-electron chi connectivity index (χ2n) is 7.57. The molecule has 2 aliphatic rings. The van der Waals surface area contributed by atoms with Crippen molar-refractivity contribution in [2.24, 2.45) is 3.77 Å². The molecule has 14 nitrogen and oxygen atoms in total. The first-order valence-corrected chi connectivity index (χ1v) is 12.7. The van der Waals surface area contributed by atoms with E-state index >= 15 is 0 Å². The SMILES string of the molecule is O=S1(=O)N=S(=O)(N[C@@H]2CNC[C@@H]2O)c2ccc(-c3cccc4n[nH]nc34)c(-c3nn[nH]n3)c21. The third-order valence-electron chi connectivity index (χ3n) is 5.58. The van der Waals surface area contributed by atoms with Gasteiger partial charge in [0, 0.05) is 18.7 Å². The number of fused-ring (bicyclic) bond motifs is 2. The summed E-state index contributed by atoms with van der Waals surface area (Å²) in [7, 11) is -7.99. The van der Waals surface area contributed by atoms with Crippen molar-refractivity contribution in [2.45, 2.75) is 21.9 Å². The van der Waals surface area contributed by atoms with Gasteiger partial charge in [-0.1, -0.05) is 22.0 Å². The molecule has 3 atom stereocenters. The highest BCUT2D eigenvalue weighted by atomic mass is 32.3. The summed E-state index contributed by atoms with van der Waals surface area (Å²) in [5.74, 6) is -0.00709. The second kappa shape index (κ2) is 7.09. The highest BCUT2D eigenvalue weighted by molar-refractivity contribution is 8.05. The lowest BCUT2D eigenvalue weighted by Crippen LogP contribution is -2.42. The van der Waals surface area contributed by atoms with E-state index < -0.39 is 32.1 Å². The fourth-order valence-electron chi connectivity index (χ4n) is 4.13. The number of aromatic amines is 2. The Morgan fingerprint density at radius 1 is 1.00 bits per heavy atom. The molecule has 0 amide bonds. The number of aliphatic hydroxyl groups excluding tert-OH is 1. The minimum Gasteiger partial charge on any atom is -0.390 e. The van der Waals surface area contributed by atoms with E-state index in [2.05, 4.69) is 49.8 Å². The summed E-state index contributed by atoms with van der Waals surface area (Å²) in [5.41, 5.74) is 2.18. The van der Waals surface area contributed by atoms with E-state index in [1.165, 1.54) is 6.07 Å². The molecule has 1 unspecified atom stereocenters. The van der Waals surface area contributed by atoms with Crippen LogP contribution in [0.15, 0.2) is 43.9 Å². The first-order valence-electron chi connectivity index (χ1n) is 9.77. The van der Waals surface area contributed by atoms with Crippen molar-refractivity contribution >= 4 is 31.0 Å². The number of β-amino-alcohol motifs (C(OH)–C–C–N with tert-alkyl or cyclic N) is 1. The van der Waals surface area contributed by atoms with Gasteiger partial charge in [-0.25, -0.2) is 8.93 Å². The summed E-state index contributed by atoms with van der Waals surface area (Å²) in [6.45, 7) is 0.606. The Morgan fingerprint density at radius 2 is 1.88 bits per heavy atom. The summed E-state index contributed by atoms with van der Waals surface area (Å²) in [5, 5.41) is 37.8. The highest BCUT2D eigenvalue weighted by Crippen LogP contribution is 2.44. The first kappa shape index (κ1) is 20.3. The molecule has 0 bridgehead atoms. The van der Waals surface area contributed by atoms with Gasteiger partial charge in [0.15, 0.2) is 9.92 Å². The van der Waals surface area contributed by atoms with Crippen LogP contribution in [0.3, 0.4) is 0 Å². The fourth-order valence-corrected chi connectivity index (χ4v) is 8.84. The molecule has 0 spiro atoms. The standard InChI is InChI=1S/C17H16N10O4S2/c28-12-7-18-6-11(12)23-32(29)13-5-4-8(9-2-1-3-10-15(9)20-24-19-10)14(17-21-25-26-22-17)16(13)33(30,31)27-32/h1-5,11-12,18,28H,6-7H2,(H,19,20,24)(H,23,27,29)(H,21,22,25,26)/t11-,12+,32?/m1/s1. The minimum atomic E-state index is -4.38. The van der Waals surface area contributed by atoms with Gasteiger partial charge in [-0.2, -0.15) is 29.0 Å². The lowest BCUT2D eigenvalue weighted by atomic mass is 9.98. The van der Waals surface area contributed by atoms with Crippen LogP contribution in [0.4, 0.5) is 0 Å². The highest BCUT2D eigenvalue weighted by Gasteiger charge is 2.41. The number of rotatable bonds is 4. The van der Waals surface area contributed by atoms with Crippen molar-refractivity contribution in [3.63, 3.8) is 0 Å². The van der Waals surface area contributed by atoms with Crippen LogP contribution in [-0.2, 0) is 19.9 Å². The van der Waals surface area contributed by atoms with Crippen molar-refractivity contribution in [1.82, 2.24) is 46.1 Å². The third kappa shape index (κ3) is 3.06. The van der Waals surface area contributed by atoms with Crippen molar-refractivity contribution < 1.29 is 17.7 Å². The van der Waals surface area contributed by atoms with Crippen LogP contribution in [0.2, 0.25) is 0 Å². The molecule has 6 rings (SSSR count). The van der Waals surface area contributed by atoms with Crippen molar-refractivity contribution in [3.05, 3.63) is 30.3 Å². The Labute approximate surface area is 186 Å². The maximum Gasteiger partial charge on any atom is 0.293 e. The van der Waals surface area contributed by atoms with E-state index in [9.17, 15) is 17.7 Å². The molecule has 2 aromatic heterocycles. The average Bonchev–Trinajstić information content (AvgIpc) is 3.56. The van der Waals surface area contributed by atoms with E-state index in [4.69, 9.17) is 0 Å². The Hall–Kier alpha value is -3.31. The van der Waals surface area contributed by atoms with Gasteiger partial charge >= 0.3 is 0 Å². The van der Waals surface area contributed by atoms with Crippen molar-refractivity contribution in [3.8, 4) is 22.5 Å². The topological polar surface area (TPSA) is 204 Å². The molecule has 5 N–H and O–H groups in total. The van der Waals surface area contributed by atoms with Crippen LogP contribution in [0.1, 0.15) is 0 Å². The van der Waals surface area contributed by atoms with Crippen LogP contribution < -0.4 is 10.0 Å². The lowest BCUT2D eigenvalue weighted by Gasteiger charge is -2.17. The molecule has 0 aliphatic carbocycles. The number of para-hydroxylation sites is 1. The molecule has 16 heteroatoms. The van der Waals surface area contributed by atoms with Crippen molar-refractivity contribution in [1.29, 1.82) is 0 Å². The summed E-state index contributed by atoms with van der Waals surface area (Å²) in [6, 6.07) is 7.70. The number of nitrogens with one attached hydrogen (secondary N) is 4. The lowest BCUT2D eigenvalue weighted by molar-refractivity contribution is 0.173. The summed E-state index contributed by atoms with van der Waals surface area (Å²) in [6.07, 6.45) is -0.842. The molecule has 2 aliphatic heterocycles. The summed E-state index contributed by atoms with van der Waals surface area (Å²) >= 11 is 0. The van der Waals surface area contributed by atoms with Crippen LogP contribution in [0, 0.1) is 0 Å². The van der Waals surface area contributed by atoms with Gasteiger partial charge in [0.25, 0.3) is 10.0 Å². The molecule has 170 valence electrons. The quantitative estimate of drug-likeness (QED) is 0.241. The Kier molecular flexibility index (Phi) is 4.36. The van der Waals surface area contributed by atoms with Gasteiger partial charge in [0.1, 0.15) is 15.9 Å². The number of benzene rings is 2. The van der Waals surface area contributed by atoms with Crippen LogP contribution in [0.5, 0.6) is 0 Å². The van der Waals surface area contributed by atoms with Gasteiger partial charge in [0.2, 0.25) is 5.82 Å². The van der Waals surface area contributed by atoms with E-state index in [0.717, 1.165) is 0 Å². The fraction of sp³-hybridized carbons (Fsp3) is 0.235. The van der Waals surface area contributed by atoms with Crippen LogP contribution >= 0.6 is 0 Å². The number of aliphatic hydroxyl groups is 1. The Bertz CT molecular complexity index is 1620. The van der Waals surface area contributed by atoms with Gasteiger partial charge in [0.05, 0.1) is 22.6 Å². The van der Waals surface area contributed by atoms with E-state index in [1.807, 2.05) is 0 Å². The third-order valence-corrected chi connectivity index (χ3v) is 9.83. The number of nitrogens with zero attached hydrogens (tertiary/aromatic N) is 6. The molecule has 1 fully saturated rings. The minimum absolute atomic E-state index is 0.00709. The molecule has 2 aromatic carbocycles. The molecular formula is C17H16N10O4S2.